The zero-order chi connectivity index (χ0) is 24.5. The van der Waals surface area contributed by atoms with Gasteiger partial charge in [-0.15, -0.1) is 0 Å². The van der Waals surface area contributed by atoms with Gasteiger partial charge in [0, 0.05) is 6.04 Å². The highest BCUT2D eigenvalue weighted by molar-refractivity contribution is 5.13. The van der Waals surface area contributed by atoms with E-state index in [1.54, 1.807) is 0 Å². The summed E-state index contributed by atoms with van der Waals surface area (Å²) in [6.07, 6.45) is 16.9. The number of nitrogens with two attached hydrogens (primary N) is 1. The molecule has 4 fully saturated rings. The second-order valence-electron chi connectivity index (χ2n) is 14.2. The largest absolute Gasteiger partial charge is 0.393 e. The third kappa shape index (κ3) is 5.14. The van der Waals surface area contributed by atoms with Crippen LogP contribution in [0.15, 0.2) is 0 Å². The quantitative estimate of drug-likeness (QED) is 0.306. The van der Waals surface area contributed by atoms with Crippen LogP contribution < -0.4 is 11.1 Å². The average molecular weight is 475 g/mol. The van der Waals surface area contributed by atoms with Gasteiger partial charge >= 0.3 is 0 Å². The zero-order valence-corrected chi connectivity index (χ0v) is 23.3. The lowest BCUT2D eigenvalue weighted by molar-refractivity contribution is -0.142. The molecule has 0 aromatic rings. The highest BCUT2D eigenvalue weighted by atomic mass is 16.3. The van der Waals surface area contributed by atoms with Crippen molar-refractivity contribution in [3.8, 4) is 0 Å². The molecule has 4 N–H and O–H groups in total. The molecule has 3 nitrogen and oxygen atoms in total. The van der Waals surface area contributed by atoms with E-state index in [0.717, 1.165) is 67.9 Å². The van der Waals surface area contributed by atoms with Gasteiger partial charge in [0.1, 0.15) is 0 Å². The molecule has 10 atom stereocenters. The van der Waals surface area contributed by atoms with Crippen molar-refractivity contribution in [2.24, 2.45) is 58.0 Å². The van der Waals surface area contributed by atoms with E-state index in [-0.39, 0.29) is 6.10 Å². The van der Waals surface area contributed by atoms with Gasteiger partial charge in [0.2, 0.25) is 0 Å². The molecule has 0 radical (unpaired) electrons. The fourth-order valence-electron chi connectivity index (χ4n) is 10.0. The number of fused-ring (bicyclic) bond motifs is 5. The van der Waals surface area contributed by atoms with Crippen molar-refractivity contribution in [1.82, 2.24) is 5.32 Å². The maximum absolute atomic E-state index is 10.5. The molecule has 4 aliphatic carbocycles. The van der Waals surface area contributed by atoms with Crippen LogP contribution in [0, 0.1) is 52.3 Å². The van der Waals surface area contributed by atoms with E-state index in [9.17, 15) is 5.11 Å². The SMILES string of the molecule is CC(C)CCC[C@@H](C)C1CCC2C3C(CC[C@@]21C)[C@@]1(C)CC[C@H](O)CC1C[C@@H]3NCCCCN. The number of aliphatic hydroxyl groups excluding tert-OH is 1. The molecule has 5 unspecified atom stereocenters. The summed E-state index contributed by atoms with van der Waals surface area (Å²) in [6.45, 7) is 14.6. The second kappa shape index (κ2) is 11.1. The molecule has 0 spiro atoms. The van der Waals surface area contributed by atoms with E-state index in [2.05, 4.69) is 39.9 Å². The fourth-order valence-corrected chi connectivity index (χ4v) is 10.0. The first-order valence-corrected chi connectivity index (χ1v) is 15.3. The van der Waals surface area contributed by atoms with Crippen molar-refractivity contribution in [3.63, 3.8) is 0 Å². The maximum Gasteiger partial charge on any atom is 0.0543 e. The molecule has 0 aromatic carbocycles. The van der Waals surface area contributed by atoms with Gasteiger partial charge < -0.3 is 16.2 Å². The van der Waals surface area contributed by atoms with Gasteiger partial charge in [0.15, 0.2) is 0 Å². The molecule has 0 saturated heterocycles. The summed E-state index contributed by atoms with van der Waals surface area (Å²) >= 11 is 0. The summed E-state index contributed by atoms with van der Waals surface area (Å²) in [5.74, 6) is 5.90. The van der Waals surface area contributed by atoms with Gasteiger partial charge in [-0.3, -0.25) is 0 Å². The smallest absolute Gasteiger partial charge is 0.0543 e. The Morgan fingerprint density at radius 2 is 1.62 bits per heavy atom. The van der Waals surface area contributed by atoms with Crippen LogP contribution in [-0.2, 0) is 0 Å². The van der Waals surface area contributed by atoms with Crippen molar-refractivity contribution >= 4 is 0 Å². The van der Waals surface area contributed by atoms with E-state index in [4.69, 9.17) is 5.73 Å². The van der Waals surface area contributed by atoms with Crippen LogP contribution in [0.5, 0.6) is 0 Å². The molecule has 0 amide bonds. The van der Waals surface area contributed by atoms with Gasteiger partial charge in [-0.05, 0) is 130 Å². The van der Waals surface area contributed by atoms with Gasteiger partial charge in [-0.1, -0.05) is 53.9 Å². The Kier molecular flexibility index (Phi) is 8.79. The predicted octanol–water partition coefficient (Wildman–Crippen LogP) is 6.78. The van der Waals surface area contributed by atoms with Crippen molar-refractivity contribution in [1.29, 1.82) is 0 Å². The summed E-state index contributed by atoms with van der Waals surface area (Å²) in [7, 11) is 0. The minimum absolute atomic E-state index is 0.0658. The summed E-state index contributed by atoms with van der Waals surface area (Å²) in [5, 5.41) is 14.7. The standard InChI is InChI=1S/C31H58N2O/c1-21(2)9-8-10-22(3)25-11-12-26-29-27(14-16-31(25,26)5)30(4)15-13-24(34)19-23(30)20-28(29)33-18-7-6-17-32/h21-29,33-34H,6-20,32H2,1-5H3/t22-,23?,24+,25?,26?,27?,28+,29?,30+,31-/m1/s1. The van der Waals surface area contributed by atoms with Gasteiger partial charge in [-0.2, -0.15) is 0 Å². The molecule has 198 valence electrons. The molecule has 0 bridgehead atoms. The van der Waals surface area contributed by atoms with Crippen LogP contribution >= 0.6 is 0 Å². The molecular formula is C31H58N2O. The Morgan fingerprint density at radius 1 is 0.882 bits per heavy atom. The molecule has 0 aromatic heterocycles. The van der Waals surface area contributed by atoms with Crippen molar-refractivity contribution < 1.29 is 5.11 Å². The molecular weight excluding hydrogens is 416 g/mol. The number of rotatable bonds is 10. The van der Waals surface area contributed by atoms with Crippen molar-refractivity contribution in [2.75, 3.05) is 13.1 Å². The Hall–Kier alpha value is -0.120. The monoisotopic (exact) mass is 474 g/mol. The topological polar surface area (TPSA) is 58.3 Å². The minimum Gasteiger partial charge on any atom is -0.393 e. The first kappa shape index (κ1) is 26.9. The van der Waals surface area contributed by atoms with Gasteiger partial charge in [-0.25, -0.2) is 0 Å². The first-order valence-electron chi connectivity index (χ1n) is 15.3. The van der Waals surface area contributed by atoms with Gasteiger partial charge in [0.05, 0.1) is 6.10 Å². The maximum atomic E-state index is 10.5. The highest BCUT2D eigenvalue weighted by Gasteiger charge is 2.62. The van der Waals surface area contributed by atoms with Crippen LogP contribution in [0.3, 0.4) is 0 Å². The number of hydrogen-bond acceptors (Lipinski definition) is 3. The average Bonchev–Trinajstić information content (AvgIpc) is 3.14. The highest BCUT2D eigenvalue weighted by Crippen LogP contribution is 2.68. The van der Waals surface area contributed by atoms with Crippen LogP contribution in [0.4, 0.5) is 0 Å². The second-order valence-corrected chi connectivity index (χ2v) is 14.2. The van der Waals surface area contributed by atoms with E-state index in [1.807, 2.05) is 0 Å². The number of nitrogens with one attached hydrogen (secondary N) is 1. The third-order valence-corrected chi connectivity index (χ3v) is 11.9. The van der Waals surface area contributed by atoms with Crippen molar-refractivity contribution in [2.45, 2.75) is 130 Å². The lowest BCUT2D eigenvalue weighted by atomic mass is 9.43. The number of aliphatic hydroxyl groups is 1. The Morgan fingerprint density at radius 3 is 2.35 bits per heavy atom. The third-order valence-electron chi connectivity index (χ3n) is 11.9. The number of unbranched alkanes of at least 4 members (excludes halogenated alkanes) is 1. The Bertz CT molecular complexity index is 651. The normalized spacial score (nSPS) is 45.0. The van der Waals surface area contributed by atoms with Crippen molar-refractivity contribution in [3.05, 3.63) is 0 Å². The summed E-state index contributed by atoms with van der Waals surface area (Å²) in [4.78, 5) is 0. The van der Waals surface area contributed by atoms with E-state index < -0.39 is 0 Å². The molecule has 0 heterocycles. The van der Waals surface area contributed by atoms with E-state index in [1.165, 1.54) is 64.2 Å². The van der Waals surface area contributed by atoms with Crippen LogP contribution in [0.2, 0.25) is 0 Å². The molecule has 4 saturated carbocycles. The van der Waals surface area contributed by atoms with Crippen LogP contribution in [0.25, 0.3) is 0 Å². The number of hydrogen-bond donors (Lipinski definition) is 3. The zero-order valence-electron chi connectivity index (χ0n) is 23.3. The van der Waals surface area contributed by atoms with Crippen LogP contribution in [-0.4, -0.2) is 30.3 Å². The Labute approximate surface area is 211 Å². The minimum atomic E-state index is -0.0658. The molecule has 4 aliphatic rings. The fraction of sp³-hybridized carbons (Fsp3) is 1.00. The summed E-state index contributed by atoms with van der Waals surface area (Å²) < 4.78 is 0. The summed E-state index contributed by atoms with van der Waals surface area (Å²) in [5.41, 5.74) is 6.78. The lowest BCUT2D eigenvalue weighted by Crippen LogP contribution is -2.61. The molecule has 4 rings (SSSR count). The van der Waals surface area contributed by atoms with Crippen LogP contribution in [0.1, 0.15) is 118 Å². The molecule has 34 heavy (non-hydrogen) atoms. The lowest BCUT2D eigenvalue weighted by Gasteiger charge is -2.63. The Balaban J connectivity index is 1.53. The van der Waals surface area contributed by atoms with E-state index in [0.29, 0.717) is 22.8 Å². The predicted molar refractivity (Wildman–Crippen MR) is 145 cm³/mol. The van der Waals surface area contributed by atoms with Gasteiger partial charge in [0.25, 0.3) is 0 Å². The summed E-state index contributed by atoms with van der Waals surface area (Å²) in [6, 6.07) is 0.644. The van der Waals surface area contributed by atoms with E-state index >= 15 is 0 Å². The molecule has 0 aliphatic heterocycles. The first-order chi connectivity index (χ1) is 16.2. The molecule has 3 heteroatoms.